The van der Waals surface area contributed by atoms with Crippen molar-refractivity contribution in [2.75, 3.05) is 23.3 Å². The molecule has 1 radical (unpaired) electrons. The second-order valence-corrected chi connectivity index (χ2v) is 13.6. The van der Waals surface area contributed by atoms with Crippen molar-refractivity contribution in [2.45, 2.75) is 73.5 Å². The summed E-state index contributed by atoms with van der Waals surface area (Å²) >= 11 is 0. The molecule has 1 N–H and O–H groups in total. The van der Waals surface area contributed by atoms with Gasteiger partial charge in [-0.15, -0.1) is 0 Å². The number of alkyl halides is 2. The Morgan fingerprint density at radius 1 is 1.05 bits per heavy atom. The number of carbonyl (C=O) groups is 1. The number of anilines is 2. The fourth-order valence-electron chi connectivity index (χ4n) is 5.75. The minimum absolute atomic E-state index is 0. The van der Waals surface area contributed by atoms with Gasteiger partial charge in [0.25, 0.3) is 11.8 Å². The number of rotatable bonds is 6. The Morgan fingerprint density at radius 2 is 1.77 bits per heavy atom. The predicted molar refractivity (Wildman–Crippen MR) is 142 cm³/mol. The second kappa shape index (κ2) is 9.46. The first-order valence-corrected chi connectivity index (χ1v) is 14.7. The van der Waals surface area contributed by atoms with E-state index in [0.717, 1.165) is 25.9 Å². The molecule has 0 bridgehead atoms. The SMILES string of the molecule is O=C(Nc1cnc2cnn(C3CC(F)(F)C3)c2n1)c1ccc(S(=O)(=O)C2CC2)cc1N1CCC2(CC1)CC2.[Na]. The summed E-state index contributed by atoms with van der Waals surface area (Å²) < 4.78 is 54.3. The van der Waals surface area contributed by atoms with Crippen molar-refractivity contribution in [1.29, 1.82) is 0 Å². The standard InChI is InChI=1S/C26H28F2N6O3S.Na/c27-26(28)12-16(13-26)34-23-20(14-30-34)29-15-22(31-23)32-24(35)19-4-3-18(38(36,37)17-1-2-17)11-21(19)33-9-7-25(5-6-25)8-10-33;/h3-4,11,14-17H,1-2,5-10,12-13H2,(H,31,32,35);. The summed E-state index contributed by atoms with van der Waals surface area (Å²) in [7, 11) is -3.42. The molecule has 1 saturated heterocycles. The molecule has 1 aromatic carbocycles. The average Bonchev–Trinajstić information content (AvgIpc) is 3.81. The number of nitrogens with one attached hydrogen (secondary N) is 1. The van der Waals surface area contributed by atoms with Gasteiger partial charge >= 0.3 is 0 Å². The monoisotopic (exact) mass is 565 g/mol. The Kier molecular flexibility index (Phi) is 6.56. The predicted octanol–water partition coefficient (Wildman–Crippen LogP) is 3.98. The number of sulfone groups is 1. The van der Waals surface area contributed by atoms with Crippen LogP contribution in [0.1, 0.15) is 67.8 Å². The molecule has 0 unspecified atom stereocenters. The van der Waals surface area contributed by atoms with Crippen LogP contribution in [0.2, 0.25) is 0 Å². The molecule has 4 aliphatic rings. The minimum Gasteiger partial charge on any atom is -0.371 e. The van der Waals surface area contributed by atoms with Gasteiger partial charge in [-0.25, -0.2) is 31.8 Å². The first kappa shape index (κ1) is 27.0. The van der Waals surface area contributed by atoms with Gasteiger partial charge in [0, 0.05) is 55.5 Å². The number of fused-ring (bicyclic) bond motifs is 1. The molecule has 7 rings (SSSR count). The van der Waals surface area contributed by atoms with Crippen LogP contribution in [0.4, 0.5) is 20.3 Å². The number of carbonyl (C=O) groups excluding carboxylic acids is 1. The van der Waals surface area contributed by atoms with Crippen LogP contribution in [0.25, 0.3) is 11.2 Å². The average molecular weight is 566 g/mol. The van der Waals surface area contributed by atoms with E-state index in [1.165, 1.54) is 36.0 Å². The molecule has 3 heterocycles. The van der Waals surface area contributed by atoms with Gasteiger partial charge in [0.05, 0.1) is 39.8 Å². The number of hydrogen-bond donors (Lipinski definition) is 1. The maximum absolute atomic E-state index is 13.5. The van der Waals surface area contributed by atoms with Crippen molar-refractivity contribution < 1.29 is 22.0 Å². The molecule has 1 amide bonds. The summed E-state index contributed by atoms with van der Waals surface area (Å²) in [6, 6.07) is 4.27. The van der Waals surface area contributed by atoms with Crippen LogP contribution in [-0.4, -0.2) is 87.9 Å². The van der Waals surface area contributed by atoms with Crippen LogP contribution in [0.5, 0.6) is 0 Å². The van der Waals surface area contributed by atoms with Gasteiger partial charge in [-0.2, -0.15) is 5.10 Å². The summed E-state index contributed by atoms with van der Waals surface area (Å²) in [6.45, 7) is 1.54. The zero-order valence-corrected chi connectivity index (χ0v) is 24.6. The molecule has 1 spiro atoms. The molecule has 2 aromatic heterocycles. The number of piperidine rings is 1. The van der Waals surface area contributed by atoms with Crippen LogP contribution in [-0.2, 0) is 9.84 Å². The van der Waals surface area contributed by atoms with E-state index in [1.54, 1.807) is 12.1 Å². The van der Waals surface area contributed by atoms with Crippen molar-refractivity contribution in [1.82, 2.24) is 19.7 Å². The van der Waals surface area contributed by atoms with Gasteiger partial charge in [-0.1, -0.05) is 0 Å². The second-order valence-electron chi connectivity index (χ2n) is 11.3. The van der Waals surface area contributed by atoms with Crippen LogP contribution in [0.3, 0.4) is 0 Å². The van der Waals surface area contributed by atoms with Crippen LogP contribution >= 0.6 is 0 Å². The molecule has 39 heavy (non-hydrogen) atoms. The number of aromatic nitrogens is 4. The molecule has 9 nitrogen and oxygen atoms in total. The van der Waals surface area contributed by atoms with Gasteiger partial charge in [0.15, 0.2) is 21.3 Å². The zero-order chi connectivity index (χ0) is 26.3. The summed E-state index contributed by atoms with van der Waals surface area (Å²) in [4.78, 5) is 24.6. The van der Waals surface area contributed by atoms with E-state index in [4.69, 9.17) is 0 Å². The number of benzene rings is 1. The van der Waals surface area contributed by atoms with Crippen molar-refractivity contribution in [3.8, 4) is 0 Å². The van der Waals surface area contributed by atoms with Gasteiger partial charge in [-0.3, -0.25) is 4.79 Å². The molecular weight excluding hydrogens is 537 g/mol. The fraction of sp³-hybridized carbons (Fsp3) is 0.538. The summed E-state index contributed by atoms with van der Waals surface area (Å²) in [5.74, 6) is -2.96. The molecule has 1 aliphatic heterocycles. The van der Waals surface area contributed by atoms with Crippen LogP contribution in [0, 0.1) is 5.41 Å². The summed E-state index contributed by atoms with van der Waals surface area (Å²) in [5.41, 5.74) is 2.18. The molecule has 3 aliphatic carbocycles. The Balaban J connectivity index is 0.00000277. The first-order chi connectivity index (χ1) is 18.1. The van der Waals surface area contributed by atoms with E-state index in [-0.39, 0.29) is 58.4 Å². The van der Waals surface area contributed by atoms with E-state index >= 15 is 0 Å². The fourth-order valence-corrected chi connectivity index (χ4v) is 7.42. The van der Waals surface area contributed by atoms with Crippen molar-refractivity contribution in [2.24, 2.45) is 5.41 Å². The number of nitrogens with zero attached hydrogens (tertiary/aromatic N) is 5. The summed E-state index contributed by atoms with van der Waals surface area (Å²) in [6.07, 6.45) is 8.14. The third-order valence-corrected chi connectivity index (χ3v) is 10.8. The Morgan fingerprint density at radius 3 is 2.41 bits per heavy atom. The molecular formula is C26H28F2N6NaO3S. The van der Waals surface area contributed by atoms with Crippen LogP contribution < -0.4 is 10.2 Å². The third-order valence-electron chi connectivity index (χ3n) is 8.59. The molecule has 0 atom stereocenters. The van der Waals surface area contributed by atoms with Gasteiger partial charge in [0.1, 0.15) is 5.52 Å². The molecule has 3 aromatic rings. The minimum atomic E-state index is -3.42. The van der Waals surface area contributed by atoms with E-state index in [0.29, 0.717) is 40.7 Å². The number of amides is 1. The quantitative estimate of drug-likeness (QED) is 0.450. The molecule has 4 fully saturated rings. The normalized spacial score (nSPS) is 21.8. The van der Waals surface area contributed by atoms with E-state index in [1.807, 2.05) is 0 Å². The van der Waals surface area contributed by atoms with E-state index in [2.05, 4.69) is 25.3 Å². The van der Waals surface area contributed by atoms with Crippen molar-refractivity contribution in [3.63, 3.8) is 0 Å². The van der Waals surface area contributed by atoms with Gasteiger partial charge < -0.3 is 10.2 Å². The third kappa shape index (κ3) is 4.98. The van der Waals surface area contributed by atoms with E-state index < -0.39 is 27.7 Å². The molecule has 13 heteroatoms. The zero-order valence-electron chi connectivity index (χ0n) is 21.7. The Labute approximate surface area is 247 Å². The van der Waals surface area contributed by atoms with Crippen molar-refractivity contribution in [3.05, 3.63) is 36.2 Å². The van der Waals surface area contributed by atoms with Crippen molar-refractivity contribution >= 4 is 68.0 Å². The number of hydrogen-bond acceptors (Lipinski definition) is 7. The number of halogens is 2. The topological polar surface area (TPSA) is 110 Å². The van der Waals surface area contributed by atoms with Crippen LogP contribution in [0.15, 0.2) is 35.5 Å². The van der Waals surface area contributed by atoms with Gasteiger partial charge in [-0.05, 0) is 62.1 Å². The molecule has 201 valence electrons. The Hall–Kier alpha value is -2.15. The first-order valence-electron chi connectivity index (χ1n) is 13.2. The largest absolute Gasteiger partial charge is 0.371 e. The summed E-state index contributed by atoms with van der Waals surface area (Å²) in [5, 5.41) is 6.63. The molecule has 3 saturated carbocycles. The maximum Gasteiger partial charge on any atom is 0.258 e. The van der Waals surface area contributed by atoms with E-state index in [9.17, 15) is 22.0 Å². The van der Waals surface area contributed by atoms with Gasteiger partial charge in [0.2, 0.25) is 0 Å². The Bertz CT molecular complexity index is 1550. The smallest absolute Gasteiger partial charge is 0.258 e. The maximum atomic E-state index is 13.5.